The Hall–Kier alpha value is -2.82. The van der Waals surface area contributed by atoms with Gasteiger partial charge >= 0.3 is 12.0 Å². The number of carboxylic acids is 1. The zero-order valence-electron chi connectivity index (χ0n) is 15.4. The van der Waals surface area contributed by atoms with Crippen LogP contribution < -0.4 is 5.32 Å². The molecule has 1 heterocycles. The van der Waals surface area contributed by atoms with Crippen molar-refractivity contribution in [1.29, 1.82) is 0 Å². The fourth-order valence-corrected chi connectivity index (χ4v) is 3.48. The van der Waals surface area contributed by atoms with Crippen LogP contribution in [0.2, 0.25) is 0 Å². The minimum atomic E-state index is -0.765. The standard InChI is InChI=1S/C22H26N2O3/c25-21(26)19-12-14-24(15-13-19)22(27)23-20-11-5-10-18(16-20)9-4-8-17-6-2-1-3-7-17/h1-3,5-7,10-11,16,19H,4,8-9,12-15H2,(H,23,27)(H,25,26). The number of hydrogen-bond acceptors (Lipinski definition) is 2. The normalized spacial score (nSPS) is 14.7. The summed E-state index contributed by atoms with van der Waals surface area (Å²) < 4.78 is 0. The molecule has 3 rings (SSSR count). The van der Waals surface area contributed by atoms with Gasteiger partial charge in [0.2, 0.25) is 0 Å². The van der Waals surface area contributed by atoms with Crippen molar-refractivity contribution in [1.82, 2.24) is 4.90 Å². The van der Waals surface area contributed by atoms with Gasteiger partial charge in [0.1, 0.15) is 0 Å². The summed E-state index contributed by atoms with van der Waals surface area (Å²) in [6.07, 6.45) is 4.09. The van der Waals surface area contributed by atoms with Crippen molar-refractivity contribution in [3.63, 3.8) is 0 Å². The number of nitrogens with zero attached hydrogens (tertiary/aromatic N) is 1. The van der Waals surface area contributed by atoms with Gasteiger partial charge in [-0.15, -0.1) is 0 Å². The van der Waals surface area contributed by atoms with Gasteiger partial charge in [0.05, 0.1) is 5.92 Å². The largest absolute Gasteiger partial charge is 0.481 e. The molecule has 0 aliphatic carbocycles. The summed E-state index contributed by atoms with van der Waals surface area (Å²) in [5, 5.41) is 12.0. The number of nitrogens with one attached hydrogen (secondary N) is 1. The predicted octanol–water partition coefficient (Wildman–Crippen LogP) is 4.19. The van der Waals surface area contributed by atoms with Crippen LogP contribution in [0.3, 0.4) is 0 Å². The van der Waals surface area contributed by atoms with Crippen molar-refractivity contribution < 1.29 is 14.7 Å². The van der Waals surface area contributed by atoms with Gasteiger partial charge in [-0.1, -0.05) is 42.5 Å². The van der Waals surface area contributed by atoms with Gasteiger partial charge in [0, 0.05) is 18.8 Å². The van der Waals surface area contributed by atoms with E-state index in [1.165, 1.54) is 11.1 Å². The van der Waals surface area contributed by atoms with Crippen LogP contribution in [0.15, 0.2) is 54.6 Å². The number of amides is 2. The first kappa shape index (κ1) is 19.0. The summed E-state index contributed by atoms with van der Waals surface area (Å²) in [6, 6.07) is 18.2. The average Bonchev–Trinajstić information content (AvgIpc) is 2.69. The maximum atomic E-state index is 12.4. The number of benzene rings is 2. The molecular weight excluding hydrogens is 340 g/mol. The molecule has 142 valence electrons. The fraction of sp³-hybridized carbons (Fsp3) is 0.364. The molecule has 0 aromatic heterocycles. The lowest BCUT2D eigenvalue weighted by atomic mass is 9.97. The van der Waals surface area contributed by atoms with Crippen LogP contribution in [0, 0.1) is 5.92 Å². The van der Waals surface area contributed by atoms with E-state index in [0.29, 0.717) is 25.9 Å². The highest BCUT2D eigenvalue weighted by atomic mass is 16.4. The lowest BCUT2D eigenvalue weighted by Gasteiger charge is -2.30. The van der Waals surface area contributed by atoms with Gasteiger partial charge in [-0.3, -0.25) is 4.79 Å². The number of carbonyl (C=O) groups excluding carboxylic acids is 1. The van der Waals surface area contributed by atoms with E-state index in [2.05, 4.69) is 35.6 Å². The number of hydrogen-bond donors (Lipinski definition) is 2. The monoisotopic (exact) mass is 366 g/mol. The molecule has 0 unspecified atom stereocenters. The smallest absolute Gasteiger partial charge is 0.321 e. The number of carbonyl (C=O) groups is 2. The molecule has 0 bridgehead atoms. The second kappa shape index (κ2) is 9.21. The van der Waals surface area contributed by atoms with E-state index in [0.717, 1.165) is 24.9 Å². The minimum Gasteiger partial charge on any atom is -0.481 e. The van der Waals surface area contributed by atoms with E-state index in [9.17, 15) is 9.59 Å². The molecule has 2 amide bonds. The van der Waals surface area contributed by atoms with Crippen LogP contribution in [0.5, 0.6) is 0 Å². The number of carboxylic acid groups (broad SMARTS) is 1. The maximum Gasteiger partial charge on any atom is 0.321 e. The van der Waals surface area contributed by atoms with E-state index in [-0.39, 0.29) is 11.9 Å². The van der Waals surface area contributed by atoms with Gasteiger partial charge < -0.3 is 15.3 Å². The number of aryl methyl sites for hydroxylation is 2. The van der Waals surface area contributed by atoms with E-state index in [1.807, 2.05) is 24.3 Å². The Labute approximate surface area is 160 Å². The van der Waals surface area contributed by atoms with Crippen molar-refractivity contribution in [2.75, 3.05) is 18.4 Å². The van der Waals surface area contributed by atoms with Crippen LogP contribution in [0.4, 0.5) is 10.5 Å². The summed E-state index contributed by atoms with van der Waals surface area (Å²) in [5.41, 5.74) is 3.33. The highest BCUT2D eigenvalue weighted by molar-refractivity contribution is 5.89. The first-order chi connectivity index (χ1) is 13.1. The highest BCUT2D eigenvalue weighted by Crippen LogP contribution is 2.19. The molecule has 0 atom stereocenters. The number of rotatable bonds is 6. The summed E-state index contributed by atoms with van der Waals surface area (Å²) in [5.74, 6) is -1.10. The Balaban J connectivity index is 1.48. The molecule has 2 aromatic carbocycles. The van der Waals surface area contributed by atoms with Crippen LogP contribution in [0.1, 0.15) is 30.4 Å². The van der Waals surface area contributed by atoms with Gasteiger partial charge in [-0.25, -0.2) is 4.79 Å². The molecule has 0 spiro atoms. The molecule has 0 radical (unpaired) electrons. The van der Waals surface area contributed by atoms with E-state index in [1.54, 1.807) is 4.90 Å². The van der Waals surface area contributed by atoms with Crippen LogP contribution in [-0.4, -0.2) is 35.1 Å². The fourth-order valence-electron chi connectivity index (χ4n) is 3.48. The molecule has 27 heavy (non-hydrogen) atoms. The lowest BCUT2D eigenvalue weighted by Crippen LogP contribution is -2.42. The third-order valence-corrected chi connectivity index (χ3v) is 5.08. The lowest BCUT2D eigenvalue weighted by molar-refractivity contribution is -0.143. The van der Waals surface area contributed by atoms with E-state index in [4.69, 9.17) is 5.11 Å². The zero-order valence-corrected chi connectivity index (χ0v) is 15.4. The molecule has 2 N–H and O–H groups in total. The summed E-state index contributed by atoms with van der Waals surface area (Å²) >= 11 is 0. The second-order valence-corrected chi connectivity index (χ2v) is 7.07. The Bertz CT molecular complexity index is 768. The molecule has 2 aromatic rings. The molecule has 1 aliphatic rings. The van der Waals surface area contributed by atoms with Gasteiger partial charge in [0.25, 0.3) is 0 Å². The number of likely N-dealkylation sites (tertiary alicyclic amines) is 1. The number of piperidine rings is 1. The van der Waals surface area contributed by atoms with Crippen molar-refractivity contribution >= 4 is 17.7 Å². The van der Waals surface area contributed by atoms with Gasteiger partial charge in [-0.05, 0) is 55.4 Å². The molecule has 5 heteroatoms. The average molecular weight is 366 g/mol. The number of aliphatic carboxylic acids is 1. The predicted molar refractivity (Wildman–Crippen MR) is 106 cm³/mol. The zero-order chi connectivity index (χ0) is 19.1. The van der Waals surface area contributed by atoms with Gasteiger partial charge in [0.15, 0.2) is 0 Å². The SMILES string of the molecule is O=C(O)C1CCN(C(=O)Nc2cccc(CCCc3ccccc3)c2)CC1. The quantitative estimate of drug-likeness (QED) is 0.805. The number of urea groups is 1. The van der Waals surface area contributed by atoms with Gasteiger partial charge in [-0.2, -0.15) is 0 Å². The molecule has 1 aliphatic heterocycles. The van der Waals surface area contributed by atoms with E-state index < -0.39 is 5.97 Å². The van der Waals surface area contributed by atoms with Crippen molar-refractivity contribution in [3.8, 4) is 0 Å². The third kappa shape index (κ3) is 5.58. The number of anilines is 1. The first-order valence-electron chi connectivity index (χ1n) is 9.53. The summed E-state index contributed by atoms with van der Waals surface area (Å²) in [6.45, 7) is 0.971. The molecule has 1 saturated heterocycles. The Morgan fingerprint density at radius 1 is 0.963 bits per heavy atom. The van der Waals surface area contributed by atoms with Crippen molar-refractivity contribution in [3.05, 3.63) is 65.7 Å². The maximum absolute atomic E-state index is 12.4. The Morgan fingerprint density at radius 3 is 2.33 bits per heavy atom. The first-order valence-corrected chi connectivity index (χ1v) is 9.53. The Morgan fingerprint density at radius 2 is 1.63 bits per heavy atom. The highest BCUT2D eigenvalue weighted by Gasteiger charge is 2.26. The minimum absolute atomic E-state index is 0.153. The molecule has 0 saturated carbocycles. The Kier molecular flexibility index (Phi) is 6.47. The molecule has 5 nitrogen and oxygen atoms in total. The summed E-state index contributed by atoms with van der Waals surface area (Å²) in [7, 11) is 0. The van der Waals surface area contributed by atoms with E-state index >= 15 is 0 Å². The summed E-state index contributed by atoms with van der Waals surface area (Å²) in [4.78, 5) is 25.1. The molecule has 1 fully saturated rings. The van der Waals surface area contributed by atoms with Crippen LogP contribution >= 0.6 is 0 Å². The van der Waals surface area contributed by atoms with Crippen LogP contribution in [0.25, 0.3) is 0 Å². The van der Waals surface area contributed by atoms with Crippen molar-refractivity contribution in [2.45, 2.75) is 32.1 Å². The van der Waals surface area contributed by atoms with Crippen LogP contribution in [-0.2, 0) is 17.6 Å². The molecular formula is C22H26N2O3. The second-order valence-electron chi connectivity index (χ2n) is 7.07. The van der Waals surface area contributed by atoms with Crippen molar-refractivity contribution in [2.24, 2.45) is 5.92 Å². The topological polar surface area (TPSA) is 69.6 Å². The third-order valence-electron chi connectivity index (χ3n) is 5.08.